The number of carbonyl (C=O) groups is 3. The molecular formula is C58H68N6O6. The number of aliphatic hydroxyl groups is 1. The van der Waals surface area contributed by atoms with E-state index < -0.39 is 51.5 Å². The quantitative estimate of drug-likeness (QED) is 0.0890. The van der Waals surface area contributed by atoms with Crippen LogP contribution < -0.4 is 15.5 Å². The van der Waals surface area contributed by atoms with Crippen LogP contribution in [0, 0.1) is 18.3 Å². The van der Waals surface area contributed by atoms with Gasteiger partial charge in [0.25, 0.3) is 0 Å². The predicted molar refractivity (Wildman–Crippen MR) is 274 cm³/mol. The molecule has 0 radical (unpaired) electrons. The minimum absolute atomic E-state index is 0.179. The highest BCUT2D eigenvalue weighted by atomic mass is 16.6. The van der Waals surface area contributed by atoms with Crippen LogP contribution >= 0.6 is 0 Å². The van der Waals surface area contributed by atoms with E-state index in [0.29, 0.717) is 12.8 Å². The van der Waals surface area contributed by atoms with Crippen LogP contribution in [0.3, 0.4) is 0 Å². The second-order valence-corrected chi connectivity index (χ2v) is 21.8. The Kier molecular flexibility index (Phi) is 11.2. The molecule has 1 saturated carbocycles. The zero-order valence-electron chi connectivity index (χ0n) is 41.7. The van der Waals surface area contributed by atoms with Crippen LogP contribution in [0.5, 0.6) is 0 Å². The summed E-state index contributed by atoms with van der Waals surface area (Å²) >= 11 is 0. The molecule has 2 saturated heterocycles. The van der Waals surface area contributed by atoms with E-state index in [-0.39, 0.29) is 18.0 Å². The number of hydrogen-bond donors (Lipinski definition) is 4. The molecule has 6 aliphatic rings. The van der Waals surface area contributed by atoms with Gasteiger partial charge in [0.2, 0.25) is 5.60 Å². The number of aryl methyl sites for hydroxylation is 1. The smallest absolute Gasteiger partial charge is 0.344 e. The Hall–Kier alpha value is -5.95. The first kappa shape index (κ1) is 46.4. The average Bonchev–Trinajstić information content (AvgIpc) is 4.02. The summed E-state index contributed by atoms with van der Waals surface area (Å²) in [5.74, 6) is -1.13. The van der Waals surface area contributed by atoms with Crippen molar-refractivity contribution in [2.75, 3.05) is 57.1 Å². The fourth-order valence-electron chi connectivity index (χ4n) is 15.5. The summed E-state index contributed by atoms with van der Waals surface area (Å²) in [5.41, 5.74) is 6.25. The number of urea groups is 1. The molecule has 2 bridgehead atoms. The molecule has 70 heavy (non-hydrogen) atoms. The van der Waals surface area contributed by atoms with Gasteiger partial charge < -0.3 is 40.0 Å². The maximum atomic E-state index is 14.5. The van der Waals surface area contributed by atoms with Gasteiger partial charge in [-0.05, 0) is 122 Å². The highest BCUT2D eigenvalue weighted by Crippen LogP contribution is 2.68. The number of nitrogens with one attached hydrogen (secondary N) is 3. The fourth-order valence-corrected chi connectivity index (χ4v) is 15.5. The maximum Gasteiger partial charge on any atom is 0.344 e. The second kappa shape index (κ2) is 16.8. The molecular weight excluding hydrogens is 877 g/mol. The van der Waals surface area contributed by atoms with Crippen LogP contribution in [-0.2, 0) is 36.3 Å². The number of H-pyrrole nitrogens is 1. The standard InChI is InChI=1S/C58H68N6O6/c1-8-55(61-53(67)59-41-22-20-40(21-23-41)39-16-11-10-12-17-39)33-38-32-54(5,48-43(24-28-63(34-38)35-55)42-18-13-14-19-46(42)60-48)44-31-45-47(30-36(44)3)62(6)50-57(45)26-29-64-27-15-25-56(9-2,49(57)64)51(70-37(4)65)58(50,68)52(66)69-7/h10-23,25,30-31,38,49-51,60,68H,8-9,24,26-29,32-35H2,1-7H3,(H2,59,61,67)/t38-,49-,50+,51+,54+,55?,56+,57+,58?/m0/s1. The molecule has 1 spiro atoms. The number of hydrogen-bond acceptors (Lipinski definition) is 9. The van der Waals surface area contributed by atoms with Crippen molar-refractivity contribution < 1.29 is 29.0 Å². The molecule has 366 valence electrons. The maximum absolute atomic E-state index is 14.5. The number of aromatic amines is 1. The number of nitrogens with zero attached hydrogens (tertiary/aromatic N) is 3. The molecule has 4 N–H and O–H groups in total. The lowest BCUT2D eigenvalue weighted by molar-refractivity contribution is -0.228. The highest BCUT2D eigenvalue weighted by molar-refractivity contribution is 5.91. The first-order valence-electron chi connectivity index (χ1n) is 25.5. The van der Waals surface area contributed by atoms with Gasteiger partial charge in [-0.15, -0.1) is 0 Å². The number of likely N-dealkylation sites (N-methyl/N-ethyl adjacent to an activating group) is 1. The fraction of sp³-hybridized carbons (Fsp3) is 0.466. The van der Waals surface area contributed by atoms with Crippen molar-refractivity contribution in [2.45, 2.75) is 113 Å². The van der Waals surface area contributed by atoms with E-state index in [1.54, 1.807) is 0 Å². The number of rotatable bonds is 8. The number of aromatic nitrogens is 1. The van der Waals surface area contributed by atoms with Gasteiger partial charge in [0.1, 0.15) is 0 Å². The topological polar surface area (TPSA) is 139 Å². The summed E-state index contributed by atoms with van der Waals surface area (Å²) in [5, 5.41) is 21.4. The number of piperidine rings is 1. The summed E-state index contributed by atoms with van der Waals surface area (Å²) in [4.78, 5) is 52.9. The summed E-state index contributed by atoms with van der Waals surface area (Å²) in [6.45, 7) is 14.3. The van der Waals surface area contributed by atoms with Crippen LogP contribution in [0.2, 0.25) is 0 Å². The number of esters is 2. The van der Waals surface area contributed by atoms with Crippen molar-refractivity contribution in [3.05, 3.63) is 131 Å². The van der Waals surface area contributed by atoms with E-state index in [4.69, 9.17) is 9.47 Å². The van der Waals surface area contributed by atoms with Crippen LogP contribution in [-0.4, -0.2) is 114 Å². The third-order valence-electron chi connectivity index (χ3n) is 18.1. The molecule has 5 aliphatic heterocycles. The Labute approximate surface area is 411 Å². The minimum atomic E-state index is -2.20. The van der Waals surface area contributed by atoms with E-state index in [9.17, 15) is 19.5 Å². The average molecular weight is 945 g/mol. The van der Waals surface area contributed by atoms with Crippen molar-refractivity contribution >= 4 is 40.2 Å². The molecule has 2 amide bonds. The number of ether oxygens (including phenoxy) is 2. The van der Waals surface area contributed by atoms with E-state index in [2.05, 4.69) is 131 Å². The predicted octanol–water partition coefficient (Wildman–Crippen LogP) is 8.63. The Balaban J connectivity index is 1.01. The lowest BCUT2D eigenvalue weighted by Crippen LogP contribution is -2.81. The van der Waals surface area contributed by atoms with Crippen LogP contribution in [0.15, 0.2) is 103 Å². The van der Waals surface area contributed by atoms with Gasteiger partial charge in [-0.1, -0.05) is 92.7 Å². The molecule has 1 aromatic heterocycles. The molecule has 1 aliphatic carbocycles. The number of benzene rings is 4. The van der Waals surface area contributed by atoms with E-state index >= 15 is 0 Å². The Bertz CT molecular complexity index is 2920. The van der Waals surface area contributed by atoms with E-state index in [0.717, 1.165) is 97.6 Å². The van der Waals surface area contributed by atoms with Crippen molar-refractivity contribution in [1.82, 2.24) is 20.1 Å². The Morgan fingerprint density at radius 1 is 0.900 bits per heavy atom. The van der Waals surface area contributed by atoms with Gasteiger partial charge >= 0.3 is 18.0 Å². The van der Waals surface area contributed by atoms with Gasteiger partial charge in [-0.3, -0.25) is 9.69 Å². The van der Waals surface area contributed by atoms with Crippen molar-refractivity contribution in [3.8, 4) is 11.1 Å². The number of para-hydroxylation sites is 1. The molecule has 3 unspecified atom stereocenters. The highest BCUT2D eigenvalue weighted by Gasteiger charge is 2.80. The Morgan fingerprint density at radius 2 is 1.64 bits per heavy atom. The third kappa shape index (κ3) is 6.75. The lowest BCUT2D eigenvalue weighted by Gasteiger charge is -2.63. The van der Waals surface area contributed by atoms with Crippen LogP contribution in [0.25, 0.3) is 22.0 Å². The van der Waals surface area contributed by atoms with Crippen molar-refractivity contribution in [3.63, 3.8) is 0 Å². The zero-order chi connectivity index (χ0) is 49.0. The number of carbonyl (C=O) groups excluding carboxylic acids is 3. The summed E-state index contributed by atoms with van der Waals surface area (Å²) in [6, 6.07) is 30.5. The summed E-state index contributed by atoms with van der Waals surface area (Å²) < 4.78 is 11.8. The van der Waals surface area contributed by atoms with E-state index in [1.165, 1.54) is 36.2 Å². The molecule has 3 fully saturated rings. The molecule has 5 aromatic rings. The van der Waals surface area contributed by atoms with Crippen molar-refractivity contribution in [2.24, 2.45) is 11.3 Å². The number of methoxy groups -OCH3 is 1. The zero-order valence-corrected chi connectivity index (χ0v) is 41.7. The normalized spacial score (nSPS) is 32.9. The lowest BCUT2D eigenvalue weighted by atomic mass is 9.47. The van der Waals surface area contributed by atoms with Gasteiger partial charge in [-0.25, -0.2) is 9.59 Å². The first-order valence-corrected chi connectivity index (χ1v) is 25.5. The second-order valence-electron chi connectivity index (χ2n) is 21.8. The van der Waals surface area contributed by atoms with Crippen molar-refractivity contribution in [1.29, 1.82) is 0 Å². The van der Waals surface area contributed by atoms with Gasteiger partial charge in [0.05, 0.1) is 18.7 Å². The molecule has 10 atom stereocenters. The van der Waals surface area contributed by atoms with E-state index in [1.807, 2.05) is 37.4 Å². The SMILES string of the molecule is CCC1(NC(=O)Nc2ccc(-c3ccccc3)cc2)C[C@H]2CN(CCc3c([nH]c4ccccc34)[C@@](C)(c3cc4c(cc3C)N(C)[C@H]3C(O)(C(=O)OC)[C@H](OC(C)=O)[C@]5(CC)C=CCN6CC[C@]43[C@@H]65)C2)C1. The molecule has 11 rings (SSSR count). The van der Waals surface area contributed by atoms with Gasteiger partial charge in [0.15, 0.2) is 6.10 Å². The monoisotopic (exact) mass is 945 g/mol. The Morgan fingerprint density at radius 3 is 2.37 bits per heavy atom. The largest absolute Gasteiger partial charge is 0.467 e. The number of anilines is 2. The molecule has 12 nitrogen and oxygen atoms in total. The molecule has 4 aromatic carbocycles. The number of fused-ring (bicyclic) bond motifs is 6. The van der Waals surface area contributed by atoms with Crippen LogP contribution in [0.4, 0.5) is 16.2 Å². The number of amides is 2. The molecule has 6 heterocycles. The van der Waals surface area contributed by atoms with Gasteiger partial charge in [-0.2, -0.15) is 0 Å². The van der Waals surface area contributed by atoms with Crippen LogP contribution in [0.1, 0.15) is 87.7 Å². The third-order valence-corrected chi connectivity index (χ3v) is 18.1. The summed E-state index contributed by atoms with van der Waals surface area (Å²) in [6.07, 6.45) is 7.56. The first-order chi connectivity index (χ1) is 33.6. The molecule has 12 heteroatoms. The minimum Gasteiger partial charge on any atom is -0.467 e. The summed E-state index contributed by atoms with van der Waals surface area (Å²) in [7, 11) is 3.30. The van der Waals surface area contributed by atoms with Gasteiger partial charge in [0, 0.05) is 90.4 Å².